The van der Waals surface area contributed by atoms with Gasteiger partial charge in [0.1, 0.15) is 5.82 Å². The molecule has 0 radical (unpaired) electrons. The molecule has 1 amide bonds. The molecule has 1 atom stereocenters. The number of hydrogen-bond acceptors (Lipinski definition) is 4. The highest BCUT2D eigenvalue weighted by molar-refractivity contribution is 6.33. The number of carbonyl (C=O) groups excluding carboxylic acids is 1. The van der Waals surface area contributed by atoms with Crippen LogP contribution in [-0.2, 0) is 4.79 Å². The number of rotatable bonds is 2. The molecule has 1 unspecified atom stereocenters. The first-order chi connectivity index (χ1) is 8.46. The van der Waals surface area contributed by atoms with Gasteiger partial charge < -0.3 is 16.0 Å². The molecule has 0 aromatic carbocycles. The van der Waals surface area contributed by atoms with Crippen molar-refractivity contribution < 1.29 is 4.79 Å². The van der Waals surface area contributed by atoms with Gasteiger partial charge in [-0.25, -0.2) is 4.98 Å². The van der Waals surface area contributed by atoms with E-state index in [1.807, 2.05) is 11.8 Å². The summed E-state index contributed by atoms with van der Waals surface area (Å²) < 4.78 is 0. The Hall–Kier alpha value is -1.49. The molecule has 0 bridgehead atoms. The molecule has 1 aromatic heterocycles. The fourth-order valence-electron chi connectivity index (χ4n) is 2.31. The third-order valence-electron chi connectivity index (χ3n) is 3.39. The van der Waals surface area contributed by atoms with Crippen LogP contribution >= 0.6 is 11.6 Å². The number of carbonyl (C=O) groups is 1. The van der Waals surface area contributed by atoms with Crippen LogP contribution in [0.2, 0.25) is 5.02 Å². The SMILES string of the molecule is CNC(=O)C1(C)CCN(c2ncc(N)cc2Cl)C1. The zero-order valence-corrected chi connectivity index (χ0v) is 11.3. The Balaban J connectivity index is 2.20. The molecule has 5 nitrogen and oxygen atoms in total. The number of nitrogens with zero attached hydrogens (tertiary/aromatic N) is 2. The second kappa shape index (κ2) is 4.65. The standard InChI is InChI=1S/C12H17ClN4O/c1-12(11(18)15-2)3-4-17(7-12)10-9(13)5-8(14)6-16-10/h5-6H,3-4,7,14H2,1-2H3,(H,15,18). The third-order valence-corrected chi connectivity index (χ3v) is 3.67. The average molecular weight is 269 g/mol. The molecule has 6 heteroatoms. The Kier molecular flexibility index (Phi) is 3.34. The Bertz CT molecular complexity index is 479. The molecule has 2 rings (SSSR count). The molecular weight excluding hydrogens is 252 g/mol. The lowest BCUT2D eigenvalue weighted by Crippen LogP contribution is -2.39. The lowest BCUT2D eigenvalue weighted by Gasteiger charge is -2.23. The average Bonchev–Trinajstić information content (AvgIpc) is 2.72. The molecule has 18 heavy (non-hydrogen) atoms. The van der Waals surface area contributed by atoms with E-state index in [4.69, 9.17) is 17.3 Å². The second-order valence-electron chi connectivity index (χ2n) is 4.89. The van der Waals surface area contributed by atoms with Crippen molar-refractivity contribution in [2.75, 3.05) is 30.8 Å². The summed E-state index contributed by atoms with van der Waals surface area (Å²) in [5.74, 6) is 0.745. The minimum absolute atomic E-state index is 0.0524. The molecule has 2 heterocycles. The normalized spacial score (nSPS) is 23.2. The Morgan fingerprint density at radius 3 is 3.00 bits per heavy atom. The first-order valence-electron chi connectivity index (χ1n) is 5.84. The van der Waals surface area contributed by atoms with Gasteiger partial charge >= 0.3 is 0 Å². The van der Waals surface area contributed by atoms with Gasteiger partial charge in [-0.15, -0.1) is 0 Å². The zero-order chi connectivity index (χ0) is 13.3. The van der Waals surface area contributed by atoms with E-state index in [-0.39, 0.29) is 11.3 Å². The molecule has 0 spiro atoms. The molecule has 1 fully saturated rings. The van der Waals surface area contributed by atoms with Gasteiger partial charge in [-0.2, -0.15) is 0 Å². The van der Waals surface area contributed by atoms with Crippen LogP contribution in [0.5, 0.6) is 0 Å². The highest BCUT2D eigenvalue weighted by Crippen LogP contribution is 2.35. The van der Waals surface area contributed by atoms with Crippen LogP contribution in [0.1, 0.15) is 13.3 Å². The minimum Gasteiger partial charge on any atom is -0.397 e. The van der Waals surface area contributed by atoms with Gasteiger partial charge in [0.25, 0.3) is 0 Å². The van der Waals surface area contributed by atoms with Crippen molar-refractivity contribution in [3.8, 4) is 0 Å². The topological polar surface area (TPSA) is 71.2 Å². The number of halogens is 1. The summed E-state index contributed by atoms with van der Waals surface area (Å²) in [5, 5.41) is 3.23. The van der Waals surface area contributed by atoms with E-state index in [0.29, 0.717) is 23.1 Å². The third kappa shape index (κ3) is 2.22. The van der Waals surface area contributed by atoms with Crippen molar-refractivity contribution in [2.45, 2.75) is 13.3 Å². The van der Waals surface area contributed by atoms with Crippen molar-refractivity contribution in [3.63, 3.8) is 0 Å². The predicted octanol–water partition coefficient (Wildman–Crippen LogP) is 1.28. The van der Waals surface area contributed by atoms with E-state index in [1.54, 1.807) is 19.3 Å². The molecule has 1 aliphatic heterocycles. The number of anilines is 2. The number of nitrogen functional groups attached to an aromatic ring is 1. The van der Waals surface area contributed by atoms with Crippen molar-refractivity contribution in [1.82, 2.24) is 10.3 Å². The van der Waals surface area contributed by atoms with Crippen molar-refractivity contribution in [2.24, 2.45) is 5.41 Å². The molecule has 1 aliphatic rings. The van der Waals surface area contributed by atoms with Gasteiger partial charge in [0, 0.05) is 20.1 Å². The van der Waals surface area contributed by atoms with Crippen LogP contribution in [0.3, 0.4) is 0 Å². The maximum absolute atomic E-state index is 11.8. The molecule has 1 saturated heterocycles. The Labute approximate surface area is 111 Å². The van der Waals surface area contributed by atoms with E-state index in [2.05, 4.69) is 10.3 Å². The summed E-state index contributed by atoms with van der Waals surface area (Å²) in [6.07, 6.45) is 2.37. The van der Waals surface area contributed by atoms with E-state index in [0.717, 1.165) is 13.0 Å². The summed E-state index contributed by atoms with van der Waals surface area (Å²) >= 11 is 6.13. The van der Waals surface area contributed by atoms with Crippen molar-refractivity contribution >= 4 is 29.0 Å². The fraction of sp³-hybridized carbons (Fsp3) is 0.500. The van der Waals surface area contributed by atoms with E-state index >= 15 is 0 Å². The maximum atomic E-state index is 11.8. The lowest BCUT2D eigenvalue weighted by atomic mass is 9.89. The second-order valence-corrected chi connectivity index (χ2v) is 5.29. The number of amides is 1. The number of nitrogens with one attached hydrogen (secondary N) is 1. The highest BCUT2D eigenvalue weighted by atomic mass is 35.5. The summed E-state index contributed by atoms with van der Waals surface area (Å²) in [5.41, 5.74) is 5.77. The first-order valence-corrected chi connectivity index (χ1v) is 6.22. The quantitative estimate of drug-likeness (QED) is 0.848. The number of nitrogens with two attached hydrogens (primary N) is 1. The Morgan fingerprint density at radius 2 is 2.39 bits per heavy atom. The van der Waals surface area contributed by atoms with Crippen molar-refractivity contribution in [3.05, 3.63) is 17.3 Å². The van der Waals surface area contributed by atoms with Crippen molar-refractivity contribution in [1.29, 1.82) is 0 Å². The molecule has 98 valence electrons. The largest absolute Gasteiger partial charge is 0.397 e. The molecular formula is C12H17ClN4O. The van der Waals surface area contributed by atoms with Crippen LogP contribution < -0.4 is 16.0 Å². The number of pyridine rings is 1. The Morgan fingerprint density at radius 1 is 1.67 bits per heavy atom. The van der Waals surface area contributed by atoms with Crippen LogP contribution in [-0.4, -0.2) is 31.0 Å². The van der Waals surface area contributed by atoms with E-state index in [9.17, 15) is 4.79 Å². The summed E-state index contributed by atoms with van der Waals surface area (Å²) in [6, 6.07) is 1.68. The smallest absolute Gasteiger partial charge is 0.227 e. The lowest BCUT2D eigenvalue weighted by molar-refractivity contribution is -0.128. The van der Waals surface area contributed by atoms with E-state index in [1.165, 1.54) is 0 Å². The predicted molar refractivity (Wildman–Crippen MR) is 72.7 cm³/mol. The van der Waals surface area contributed by atoms with Gasteiger partial charge in [-0.05, 0) is 19.4 Å². The number of aromatic nitrogens is 1. The molecule has 3 N–H and O–H groups in total. The summed E-state index contributed by atoms with van der Waals surface area (Å²) in [4.78, 5) is 18.1. The fourth-order valence-corrected chi connectivity index (χ4v) is 2.60. The van der Waals surface area contributed by atoms with Gasteiger partial charge in [0.15, 0.2) is 0 Å². The summed E-state index contributed by atoms with van der Waals surface area (Å²) in [6.45, 7) is 3.33. The van der Waals surface area contributed by atoms with Crippen LogP contribution in [0, 0.1) is 5.41 Å². The zero-order valence-electron chi connectivity index (χ0n) is 10.5. The number of hydrogen-bond donors (Lipinski definition) is 2. The molecule has 0 saturated carbocycles. The summed E-state index contributed by atoms with van der Waals surface area (Å²) in [7, 11) is 1.66. The molecule has 0 aliphatic carbocycles. The van der Waals surface area contributed by atoms with Crippen LogP contribution in [0.4, 0.5) is 11.5 Å². The maximum Gasteiger partial charge on any atom is 0.227 e. The van der Waals surface area contributed by atoms with Crippen LogP contribution in [0.15, 0.2) is 12.3 Å². The van der Waals surface area contributed by atoms with Crippen LogP contribution in [0.25, 0.3) is 0 Å². The van der Waals surface area contributed by atoms with Gasteiger partial charge in [-0.3, -0.25) is 4.79 Å². The van der Waals surface area contributed by atoms with Gasteiger partial charge in [0.2, 0.25) is 5.91 Å². The first kappa shape index (κ1) is 13.0. The molecule has 1 aromatic rings. The minimum atomic E-state index is -0.388. The monoisotopic (exact) mass is 268 g/mol. The van der Waals surface area contributed by atoms with Gasteiger partial charge in [-0.1, -0.05) is 11.6 Å². The van der Waals surface area contributed by atoms with Gasteiger partial charge in [0.05, 0.1) is 22.3 Å². The van der Waals surface area contributed by atoms with E-state index < -0.39 is 0 Å². The highest BCUT2D eigenvalue weighted by Gasteiger charge is 2.40.